The zero-order valence-electron chi connectivity index (χ0n) is 6.16. The number of hydrogen-bond acceptors (Lipinski definition) is 1. The van der Waals surface area contributed by atoms with Crippen LogP contribution in [0.5, 0.6) is 0 Å². The van der Waals surface area contributed by atoms with Crippen LogP contribution in [-0.2, 0) is 0 Å². The minimum Gasteiger partial charge on any atom is -0.393 e. The smallest absolute Gasteiger partial charge is 0.0576 e. The van der Waals surface area contributed by atoms with Crippen LogP contribution in [0.4, 0.5) is 0 Å². The molecule has 0 aliphatic heterocycles. The molecule has 56 valence electrons. The minimum absolute atomic E-state index is 0.0975. The van der Waals surface area contributed by atoms with Gasteiger partial charge >= 0.3 is 0 Å². The first-order chi connectivity index (χ1) is 4.86. The lowest BCUT2D eigenvalue weighted by atomic mass is 9.64. The predicted molar refractivity (Wildman–Crippen MR) is 38.4 cm³/mol. The standard InChI is InChI=1S/C9H14O/c10-8-4-7-5-1-2-6(3-5)9(7)8/h5-10H,1-4H2/t5-,6+,7+,8?,9-/m1/s1. The molecule has 0 heterocycles. The molecule has 0 aromatic heterocycles. The lowest BCUT2D eigenvalue weighted by Crippen LogP contribution is -2.44. The quantitative estimate of drug-likeness (QED) is 0.536. The Bertz CT molecular complexity index is 164. The van der Waals surface area contributed by atoms with E-state index in [1.165, 1.54) is 19.3 Å². The Kier molecular flexibility index (Phi) is 0.883. The highest BCUT2D eigenvalue weighted by molar-refractivity contribution is 5.05. The molecule has 1 N–H and O–H groups in total. The highest BCUT2D eigenvalue weighted by atomic mass is 16.3. The van der Waals surface area contributed by atoms with Crippen molar-refractivity contribution in [3.8, 4) is 0 Å². The molecule has 3 fully saturated rings. The van der Waals surface area contributed by atoms with E-state index >= 15 is 0 Å². The molecular formula is C9H14O. The van der Waals surface area contributed by atoms with Crippen LogP contribution in [0.15, 0.2) is 0 Å². The lowest BCUT2D eigenvalue weighted by Gasteiger charge is -2.44. The Balaban J connectivity index is 1.89. The first kappa shape index (κ1) is 5.59. The molecule has 0 aromatic carbocycles. The van der Waals surface area contributed by atoms with Crippen molar-refractivity contribution in [2.24, 2.45) is 23.7 Å². The van der Waals surface area contributed by atoms with Gasteiger partial charge in [-0.05, 0) is 49.4 Å². The van der Waals surface area contributed by atoms with E-state index in [1.807, 2.05) is 0 Å². The van der Waals surface area contributed by atoms with Gasteiger partial charge < -0.3 is 5.11 Å². The average molecular weight is 138 g/mol. The summed E-state index contributed by atoms with van der Waals surface area (Å²) in [4.78, 5) is 0. The Morgan fingerprint density at radius 3 is 2.40 bits per heavy atom. The summed E-state index contributed by atoms with van der Waals surface area (Å²) in [6.45, 7) is 0. The van der Waals surface area contributed by atoms with Gasteiger partial charge in [0.15, 0.2) is 0 Å². The second kappa shape index (κ2) is 1.58. The van der Waals surface area contributed by atoms with Gasteiger partial charge in [-0.3, -0.25) is 0 Å². The van der Waals surface area contributed by atoms with Crippen LogP contribution in [0.25, 0.3) is 0 Å². The summed E-state index contributed by atoms with van der Waals surface area (Å²) in [5.74, 6) is 3.66. The largest absolute Gasteiger partial charge is 0.393 e. The van der Waals surface area contributed by atoms with E-state index in [1.54, 1.807) is 0 Å². The van der Waals surface area contributed by atoms with Crippen molar-refractivity contribution in [3.63, 3.8) is 0 Å². The molecule has 3 saturated carbocycles. The Hall–Kier alpha value is -0.0400. The second-order valence-electron chi connectivity index (χ2n) is 4.38. The minimum atomic E-state index is 0.0975. The first-order valence-electron chi connectivity index (χ1n) is 4.54. The van der Waals surface area contributed by atoms with Gasteiger partial charge in [0.1, 0.15) is 0 Å². The topological polar surface area (TPSA) is 20.2 Å². The molecule has 2 bridgehead atoms. The molecule has 3 aliphatic carbocycles. The van der Waals surface area contributed by atoms with Gasteiger partial charge in [-0.2, -0.15) is 0 Å². The van der Waals surface area contributed by atoms with Crippen molar-refractivity contribution in [2.75, 3.05) is 0 Å². The third-order valence-electron chi connectivity index (χ3n) is 4.12. The van der Waals surface area contributed by atoms with Crippen molar-refractivity contribution in [2.45, 2.75) is 31.8 Å². The van der Waals surface area contributed by atoms with Crippen molar-refractivity contribution >= 4 is 0 Å². The lowest BCUT2D eigenvalue weighted by molar-refractivity contribution is -0.0621. The Morgan fingerprint density at radius 2 is 1.80 bits per heavy atom. The van der Waals surface area contributed by atoms with Crippen molar-refractivity contribution in [1.82, 2.24) is 0 Å². The highest BCUT2D eigenvalue weighted by Crippen LogP contribution is 2.60. The summed E-state index contributed by atoms with van der Waals surface area (Å²) in [5.41, 5.74) is 0. The van der Waals surface area contributed by atoms with Gasteiger partial charge in [0, 0.05) is 0 Å². The van der Waals surface area contributed by atoms with Gasteiger partial charge in [-0.25, -0.2) is 0 Å². The molecule has 10 heavy (non-hydrogen) atoms. The van der Waals surface area contributed by atoms with Crippen LogP contribution >= 0.6 is 0 Å². The molecule has 1 unspecified atom stereocenters. The van der Waals surface area contributed by atoms with E-state index < -0.39 is 0 Å². The zero-order chi connectivity index (χ0) is 6.72. The SMILES string of the molecule is OC1C[C@H]2[C@@H]3CC[C@@H](C3)[C@@H]12. The summed E-state index contributed by atoms with van der Waals surface area (Å²) < 4.78 is 0. The van der Waals surface area contributed by atoms with Crippen LogP contribution < -0.4 is 0 Å². The van der Waals surface area contributed by atoms with Gasteiger partial charge in [0.25, 0.3) is 0 Å². The number of aliphatic hydroxyl groups is 1. The summed E-state index contributed by atoms with van der Waals surface area (Å²) in [5, 5.41) is 9.44. The van der Waals surface area contributed by atoms with Gasteiger partial charge in [-0.1, -0.05) is 0 Å². The van der Waals surface area contributed by atoms with E-state index in [-0.39, 0.29) is 6.10 Å². The first-order valence-corrected chi connectivity index (χ1v) is 4.54. The molecule has 3 rings (SSSR count). The van der Waals surface area contributed by atoms with E-state index in [2.05, 4.69) is 0 Å². The van der Waals surface area contributed by atoms with Crippen LogP contribution in [0.3, 0.4) is 0 Å². The third-order valence-corrected chi connectivity index (χ3v) is 4.12. The number of aliphatic hydroxyl groups excluding tert-OH is 1. The summed E-state index contributed by atoms with van der Waals surface area (Å²) in [7, 11) is 0. The molecule has 0 radical (unpaired) electrons. The van der Waals surface area contributed by atoms with Crippen LogP contribution in [0.1, 0.15) is 25.7 Å². The summed E-state index contributed by atoms with van der Waals surface area (Å²) in [6.07, 6.45) is 5.57. The monoisotopic (exact) mass is 138 g/mol. The maximum absolute atomic E-state index is 9.44. The maximum atomic E-state index is 9.44. The Labute approximate surface area is 61.4 Å². The number of fused-ring (bicyclic) bond motifs is 5. The molecule has 1 nitrogen and oxygen atoms in total. The number of hydrogen-bond donors (Lipinski definition) is 1. The fourth-order valence-electron chi connectivity index (χ4n) is 3.64. The molecule has 0 aromatic rings. The van der Waals surface area contributed by atoms with Crippen LogP contribution in [-0.4, -0.2) is 11.2 Å². The fraction of sp³-hybridized carbons (Fsp3) is 1.00. The molecule has 1 heteroatoms. The van der Waals surface area contributed by atoms with E-state index in [9.17, 15) is 5.11 Å². The van der Waals surface area contributed by atoms with Crippen LogP contribution in [0.2, 0.25) is 0 Å². The molecule has 0 saturated heterocycles. The zero-order valence-corrected chi connectivity index (χ0v) is 6.16. The van der Waals surface area contributed by atoms with Gasteiger partial charge in [0.05, 0.1) is 6.10 Å². The van der Waals surface area contributed by atoms with Crippen molar-refractivity contribution in [3.05, 3.63) is 0 Å². The normalized spacial score (nSPS) is 63.9. The molecule has 0 spiro atoms. The highest BCUT2D eigenvalue weighted by Gasteiger charge is 2.56. The van der Waals surface area contributed by atoms with E-state index in [4.69, 9.17) is 0 Å². The molecule has 0 amide bonds. The fourth-order valence-corrected chi connectivity index (χ4v) is 3.64. The molecule has 5 atom stereocenters. The van der Waals surface area contributed by atoms with Crippen molar-refractivity contribution < 1.29 is 5.11 Å². The third kappa shape index (κ3) is 0.460. The number of rotatable bonds is 0. The van der Waals surface area contributed by atoms with Crippen LogP contribution in [0, 0.1) is 23.7 Å². The summed E-state index contributed by atoms with van der Waals surface area (Å²) in [6, 6.07) is 0. The second-order valence-corrected chi connectivity index (χ2v) is 4.38. The Morgan fingerprint density at radius 1 is 1.00 bits per heavy atom. The predicted octanol–water partition coefficient (Wildman–Crippen LogP) is 1.41. The molecule has 3 aliphatic rings. The average Bonchev–Trinajstić information content (AvgIpc) is 2.40. The van der Waals surface area contributed by atoms with E-state index in [0.29, 0.717) is 0 Å². The van der Waals surface area contributed by atoms with Crippen molar-refractivity contribution in [1.29, 1.82) is 0 Å². The van der Waals surface area contributed by atoms with Gasteiger partial charge in [0.2, 0.25) is 0 Å². The molecular weight excluding hydrogens is 124 g/mol. The maximum Gasteiger partial charge on any atom is 0.0576 e. The van der Waals surface area contributed by atoms with E-state index in [0.717, 1.165) is 30.1 Å². The summed E-state index contributed by atoms with van der Waals surface area (Å²) >= 11 is 0. The van der Waals surface area contributed by atoms with Gasteiger partial charge in [-0.15, -0.1) is 0 Å².